The first-order chi connectivity index (χ1) is 11.3. The number of carbonyl (C=O) groups is 1. The predicted octanol–water partition coefficient (Wildman–Crippen LogP) is 5.71. The molecule has 0 N–H and O–H groups in total. The van der Waals surface area contributed by atoms with Crippen LogP contribution in [0.25, 0.3) is 17.2 Å². The third-order valence-corrected chi connectivity index (χ3v) is 3.73. The van der Waals surface area contributed by atoms with Crippen molar-refractivity contribution in [2.45, 2.75) is 27.1 Å². The maximum atomic E-state index is 12.2. The Morgan fingerprint density at radius 3 is 2.17 bits per heavy atom. The van der Waals surface area contributed by atoms with Crippen LogP contribution in [-0.2, 0) is 0 Å². The lowest BCUT2D eigenvalue weighted by Gasteiger charge is -2.15. The molecule has 2 nitrogen and oxygen atoms in total. The number of carbonyl (C=O) groups excluding carboxylic acids is 1. The summed E-state index contributed by atoms with van der Waals surface area (Å²) in [5.74, 6) is -0.265. The molecule has 0 aliphatic carbocycles. The summed E-state index contributed by atoms with van der Waals surface area (Å²) in [4.78, 5) is 11.3. The summed E-state index contributed by atoms with van der Waals surface area (Å²) in [7, 11) is 0. The number of benzene rings is 2. The monoisotopic (exact) mass is 334 g/mol. The van der Waals surface area contributed by atoms with Crippen LogP contribution in [0.5, 0.6) is 5.75 Å². The summed E-state index contributed by atoms with van der Waals surface area (Å²) < 4.78 is 40.6. The number of ether oxygens (including phenoxy) is 1. The van der Waals surface area contributed by atoms with E-state index in [0.29, 0.717) is 5.56 Å². The molecule has 0 unspecified atom stereocenters. The Kier molecular flexibility index (Phi) is 5.12. The molecule has 0 aliphatic rings. The van der Waals surface area contributed by atoms with Crippen molar-refractivity contribution in [2.75, 3.05) is 0 Å². The van der Waals surface area contributed by atoms with Gasteiger partial charge >= 0.3 is 6.36 Å². The van der Waals surface area contributed by atoms with E-state index in [4.69, 9.17) is 0 Å². The molecule has 0 aromatic heterocycles. The number of halogens is 3. The van der Waals surface area contributed by atoms with E-state index in [0.717, 1.165) is 34.1 Å². The molecule has 0 fully saturated rings. The van der Waals surface area contributed by atoms with Gasteiger partial charge in [0.25, 0.3) is 0 Å². The van der Waals surface area contributed by atoms with Crippen LogP contribution in [0.1, 0.15) is 34.0 Å². The van der Waals surface area contributed by atoms with Crippen LogP contribution in [0.3, 0.4) is 0 Å². The fourth-order valence-electron chi connectivity index (χ4n) is 2.64. The van der Waals surface area contributed by atoms with Gasteiger partial charge in [0.05, 0.1) is 0 Å². The fourth-order valence-corrected chi connectivity index (χ4v) is 2.64. The zero-order valence-electron chi connectivity index (χ0n) is 13.6. The average molecular weight is 334 g/mol. The van der Waals surface area contributed by atoms with Crippen LogP contribution in [0.4, 0.5) is 13.2 Å². The molecule has 2 rings (SSSR count). The van der Waals surface area contributed by atoms with Gasteiger partial charge in [-0.25, -0.2) is 0 Å². The lowest BCUT2D eigenvalue weighted by molar-refractivity contribution is -0.274. The molecule has 0 aliphatic heterocycles. The van der Waals surface area contributed by atoms with Gasteiger partial charge in [-0.05, 0) is 60.7 Å². The van der Waals surface area contributed by atoms with Crippen molar-refractivity contribution in [2.24, 2.45) is 0 Å². The third-order valence-electron chi connectivity index (χ3n) is 3.73. The molecule has 0 heterocycles. The van der Waals surface area contributed by atoms with Gasteiger partial charge in [0.15, 0.2) is 6.29 Å². The number of aldehydes is 1. The van der Waals surface area contributed by atoms with E-state index < -0.39 is 6.36 Å². The van der Waals surface area contributed by atoms with E-state index in [2.05, 4.69) is 4.74 Å². The SMILES string of the molecule is C/C=C\c1c(C)c(-c2ccc(OC(F)(F)F)cc2)cc(C)c1C=O. The van der Waals surface area contributed by atoms with Crippen LogP contribution in [0.2, 0.25) is 0 Å². The topological polar surface area (TPSA) is 26.3 Å². The van der Waals surface area contributed by atoms with Crippen molar-refractivity contribution in [1.82, 2.24) is 0 Å². The standard InChI is InChI=1S/C19H17F3O2/c1-4-5-16-13(3)17(10-12(2)18(16)11-23)14-6-8-15(9-7-14)24-19(20,21)22/h4-11H,1-3H3/b5-4-. The maximum Gasteiger partial charge on any atom is 0.573 e. The van der Waals surface area contributed by atoms with Crippen LogP contribution in [0.15, 0.2) is 36.4 Å². The second kappa shape index (κ2) is 6.91. The molecule has 2 aromatic carbocycles. The molecule has 24 heavy (non-hydrogen) atoms. The highest BCUT2D eigenvalue weighted by atomic mass is 19.4. The number of hydrogen-bond donors (Lipinski definition) is 0. The van der Waals surface area contributed by atoms with Crippen molar-refractivity contribution in [3.8, 4) is 16.9 Å². The number of rotatable bonds is 4. The quantitative estimate of drug-likeness (QED) is 0.669. The highest BCUT2D eigenvalue weighted by molar-refractivity contribution is 5.88. The highest BCUT2D eigenvalue weighted by Gasteiger charge is 2.31. The first-order valence-corrected chi connectivity index (χ1v) is 7.35. The third kappa shape index (κ3) is 3.85. The lowest BCUT2D eigenvalue weighted by atomic mass is 9.90. The second-order valence-corrected chi connectivity index (χ2v) is 5.38. The number of hydrogen-bond acceptors (Lipinski definition) is 2. The number of allylic oxidation sites excluding steroid dienone is 1. The molecule has 0 bridgehead atoms. The van der Waals surface area contributed by atoms with Crippen LogP contribution >= 0.6 is 0 Å². The summed E-state index contributed by atoms with van der Waals surface area (Å²) >= 11 is 0. The van der Waals surface area contributed by atoms with Crippen LogP contribution < -0.4 is 4.74 Å². The Bertz CT molecular complexity index is 773. The molecule has 0 spiro atoms. The smallest absolute Gasteiger partial charge is 0.406 e. The Morgan fingerprint density at radius 2 is 1.67 bits per heavy atom. The second-order valence-electron chi connectivity index (χ2n) is 5.38. The van der Waals surface area contributed by atoms with E-state index in [1.807, 2.05) is 39.0 Å². The van der Waals surface area contributed by atoms with E-state index in [9.17, 15) is 18.0 Å². The molecule has 126 valence electrons. The summed E-state index contributed by atoms with van der Waals surface area (Å²) in [5.41, 5.74) is 4.77. The van der Waals surface area contributed by atoms with Crippen molar-refractivity contribution >= 4 is 12.4 Å². The van der Waals surface area contributed by atoms with Gasteiger partial charge in [0.2, 0.25) is 0 Å². The molecular weight excluding hydrogens is 317 g/mol. The highest BCUT2D eigenvalue weighted by Crippen LogP contribution is 2.32. The van der Waals surface area contributed by atoms with E-state index >= 15 is 0 Å². The van der Waals surface area contributed by atoms with Gasteiger partial charge in [-0.1, -0.05) is 30.4 Å². The molecule has 0 saturated carbocycles. The molecule has 5 heteroatoms. The van der Waals surface area contributed by atoms with Crippen LogP contribution in [-0.4, -0.2) is 12.6 Å². The van der Waals surface area contributed by atoms with Gasteiger partial charge < -0.3 is 4.74 Å². The minimum atomic E-state index is -4.71. The van der Waals surface area contributed by atoms with Gasteiger partial charge in [0, 0.05) is 5.56 Å². The molecule has 0 amide bonds. The predicted molar refractivity (Wildman–Crippen MR) is 88.1 cm³/mol. The summed E-state index contributed by atoms with van der Waals surface area (Å²) in [6, 6.07) is 7.57. The normalized spacial score (nSPS) is 11.8. The zero-order chi connectivity index (χ0) is 17.9. The average Bonchev–Trinajstić information content (AvgIpc) is 2.50. The zero-order valence-corrected chi connectivity index (χ0v) is 13.6. The number of alkyl halides is 3. The van der Waals surface area contributed by atoms with Gasteiger partial charge in [-0.3, -0.25) is 4.79 Å². The minimum absolute atomic E-state index is 0.265. The number of aryl methyl sites for hydroxylation is 1. The summed E-state index contributed by atoms with van der Waals surface area (Å²) in [5, 5.41) is 0. The largest absolute Gasteiger partial charge is 0.573 e. The fraction of sp³-hybridized carbons (Fsp3) is 0.211. The Balaban J connectivity index is 2.51. The molecular formula is C19H17F3O2. The van der Waals surface area contributed by atoms with Gasteiger partial charge in [0.1, 0.15) is 5.75 Å². The minimum Gasteiger partial charge on any atom is -0.406 e. The van der Waals surface area contributed by atoms with Gasteiger partial charge in [-0.15, -0.1) is 13.2 Å². The first kappa shape index (κ1) is 17.8. The molecule has 0 saturated heterocycles. The molecule has 0 atom stereocenters. The maximum absolute atomic E-state index is 12.2. The van der Waals surface area contributed by atoms with E-state index in [-0.39, 0.29) is 5.75 Å². The van der Waals surface area contributed by atoms with E-state index in [1.54, 1.807) is 12.1 Å². The Labute approximate surface area is 138 Å². The van der Waals surface area contributed by atoms with Crippen molar-refractivity contribution in [3.05, 3.63) is 58.7 Å². The lowest BCUT2D eigenvalue weighted by Crippen LogP contribution is -2.16. The first-order valence-electron chi connectivity index (χ1n) is 7.35. The van der Waals surface area contributed by atoms with E-state index in [1.165, 1.54) is 12.1 Å². The van der Waals surface area contributed by atoms with Crippen molar-refractivity contribution in [3.63, 3.8) is 0 Å². The van der Waals surface area contributed by atoms with Crippen molar-refractivity contribution < 1.29 is 22.7 Å². The summed E-state index contributed by atoms with van der Waals surface area (Å²) in [6.45, 7) is 5.58. The Hall–Kier alpha value is -2.56. The Morgan fingerprint density at radius 1 is 1.04 bits per heavy atom. The van der Waals surface area contributed by atoms with Crippen LogP contribution in [0, 0.1) is 13.8 Å². The molecule has 0 radical (unpaired) electrons. The molecule has 2 aromatic rings. The van der Waals surface area contributed by atoms with Crippen molar-refractivity contribution in [1.29, 1.82) is 0 Å². The van der Waals surface area contributed by atoms with Gasteiger partial charge in [-0.2, -0.15) is 0 Å². The summed E-state index contributed by atoms with van der Waals surface area (Å²) in [6.07, 6.45) is -0.185.